The first-order chi connectivity index (χ1) is 9.20. The third kappa shape index (κ3) is 3.44. The lowest BCUT2D eigenvalue weighted by Gasteiger charge is -2.11. The Morgan fingerprint density at radius 3 is 2.79 bits per heavy atom. The third-order valence-corrected chi connectivity index (χ3v) is 2.96. The molecule has 4 heteroatoms. The maximum Gasteiger partial charge on any atom is 0.254 e. The summed E-state index contributed by atoms with van der Waals surface area (Å²) in [6.45, 7) is 4.12. The predicted octanol–water partition coefficient (Wildman–Crippen LogP) is 2.79. The molecule has 0 bridgehead atoms. The first-order valence-electron chi connectivity index (χ1n) is 6.61. The quantitative estimate of drug-likeness (QED) is 0.895. The van der Waals surface area contributed by atoms with Crippen LogP contribution in [0, 0.1) is 0 Å². The van der Waals surface area contributed by atoms with Gasteiger partial charge in [0.15, 0.2) is 0 Å². The Kier molecular flexibility index (Phi) is 4.34. The van der Waals surface area contributed by atoms with Gasteiger partial charge in [-0.3, -0.25) is 4.79 Å². The largest absolute Gasteiger partial charge is 0.349 e. The van der Waals surface area contributed by atoms with Gasteiger partial charge in [0.2, 0.25) is 0 Å². The summed E-state index contributed by atoms with van der Waals surface area (Å²) in [5.74, 6) is -0.0665. The number of amides is 1. The van der Waals surface area contributed by atoms with Crippen molar-refractivity contribution in [1.82, 2.24) is 15.1 Å². The van der Waals surface area contributed by atoms with Crippen molar-refractivity contribution in [2.24, 2.45) is 0 Å². The topological polar surface area (TPSA) is 46.9 Å². The molecular formula is C15H19N3O. The standard InChI is InChI=1S/C15H19N3O/c1-3-7-12(2)17-15(19)13-10-16-18(11-13)14-8-5-4-6-9-14/h4-6,8-12H,3,7H2,1-2H3,(H,17,19)/t12-/m1/s1. The summed E-state index contributed by atoms with van der Waals surface area (Å²) >= 11 is 0. The van der Waals surface area contributed by atoms with Gasteiger partial charge in [-0.15, -0.1) is 0 Å². The zero-order chi connectivity index (χ0) is 13.7. The number of hydrogen-bond acceptors (Lipinski definition) is 2. The highest BCUT2D eigenvalue weighted by Gasteiger charge is 2.11. The highest BCUT2D eigenvalue weighted by Crippen LogP contribution is 2.08. The molecule has 0 aliphatic carbocycles. The summed E-state index contributed by atoms with van der Waals surface area (Å²) < 4.78 is 1.71. The average molecular weight is 257 g/mol. The number of aromatic nitrogens is 2. The Hall–Kier alpha value is -2.10. The number of nitrogens with zero attached hydrogens (tertiary/aromatic N) is 2. The van der Waals surface area contributed by atoms with E-state index in [0.29, 0.717) is 5.56 Å². The molecule has 0 spiro atoms. The molecule has 0 aliphatic rings. The van der Waals surface area contributed by atoms with E-state index in [9.17, 15) is 4.79 Å². The zero-order valence-electron chi connectivity index (χ0n) is 11.3. The van der Waals surface area contributed by atoms with Crippen molar-refractivity contribution in [2.45, 2.75) is 32.7 Å². The predicted molar refractivity (Wildman–Crippen MR) is 75.4 cm³/mol. The van der Waals surface area contributed by atoms with E-state index in [4.69, 9.17) is 0 Å². The number of carbonyl (C=O) groups excluding carboxylic acids is 1. The molecule has 0 saturated carbocycles. The van der Waals surface area contributed by atoms with Crippen molar-refractivity contribution in [3.63, 3.8) is 0 Å². The molecule has 0 aliphatic heterocycles. The molecular weight excluding hydrogens is 238 g/mol. The van der Waals surface area contributed by atoms with E-state index in [1.54, 1.807) is 17.1 Å². The first kappa shape index (κ1) is 13.3. The van der Waals surface area contributed by atoms with Crippen molar-refractivity contribution in [3.05, 3.63) is 48.3 Å². The SMILES string of the molecule is CCC[C@@H](C)NC(=O)c1cnn(-c2ccccc2)c1. The van der Waals surface area contributed by atoms with Crippen LogP contribution in [0.15, 0.2) is 42.7 Å². The molecule has 1 amide bonds. The van der Waals surface area contributed by atoms with Crippen LogP contribution in [0.25, 0.3) is 5.69 Å². The van der Waals surface area contributed by atoms with Crippen LogP contribution < -0.4 is 5.32 Å². The van der Waals surface area contributed by atoms with Crippen LogP contribution in [0.2, 0.25) is 0 Å². The van der Waals surface area contributed by atoms with Crippen LogP contribution in [0.1, 0.15) is 37.0 Å². The summed E-state index contributed by atoms with van der Waals surface area (Å²) in [6, 6.07) is 9.94. The van der Waals surface area contributed by atoms with Gasteiger partial charge >= 0.3 is 0 Å². The van der Waals surface area contributed by atoms with Gasteiger partial charge in [0.05, 0.1) is 17.4 Å². The molecule has 1 aromatic carbocycles. The number of rotatable bonds is 5. The number of benzene rings is 1. The number of para-hydroxylation sites is 1. The lowest BCUT2D eigenvalue weighted by atomic mass is 10.2. The van der Waals surface area contributed by atoms with Crippen molar-refractivity contribution in [3.8, 4) is 5.69 Å². The second-order valence-corrected chi connectivity index (χ2v) is 4.67. The lowest BCUT2D eigenvalue weighted by molar-refractivity contribution is 0.0938. The Balaban J connectivity index is 2.07. The Morgan fingerprint density at radius 2 is 2.11 bits per heavy atom. The Morgan fingerprint density at radius 1 is 1.37 bits per heavy atom. The molecule has 1 aromatic heterocycles. The molecule has 0 unspecified atom stereocenters. The summed E-state index contributed by atoms with van der Waals surface area (Å²) in [5, 5.41) is 7.19. The van der Waals surface area contributed by atoms with Gasteiger partial charge in [-0.2, -0.15) is 5.10 Å². The molecule has 0 saturated heterocycles. The second-order valence-electron chi connectivity index (χ2n) is 4.67. The van der Waals surface area contributed by atoms with Gasteiger partial charge < -0.3 is 5.32 Å². The fourth-order valence-electron chi connectivity index (χ4n) is 1.97. The average Bonchev–Trinajstić information content (AvgIpc) is 2.89. The molecule has 0 radical (unpaired) electrons. The van der Waals surface area contributed by atoms with E-state index in [1.165, 1.54) is 0 Å². The Bertz CT molecular complexity index is 533. The van der Waals surface area contributed by atoms with Gasteiger partial charge in [-0.1, -0.05) is 31.5 Å². The van der Waals surface area contributed by atoms with Gasteiger partial charge in [0.1, 0.15) is 0 Å². The van der Waals surface area contributed by atoms with E-state index in [1.807, 2.05) is 37.3 Å². The number of hydrogen-bond donors (Lipinski definition) is 1. The Labute approximate surface area is 113 Å². The van der Waals surface area contributed by atoms with Gasteiger partial charge in [-0.05, 0) is 25.5 Å². The summed E-state index contributed by atoms with van der Waals surface area (Å²) in [4.78, 5) is 12.0. The first-order valence-corrected chi connectivity index (χ1v) is 6.61. The van der Waals surface area contributed by atoms with E-state index in [-0.39, 0.29) is 11.9 Å². The van der Waals surface area contributed by atoms with Crippen LogP contribution in [-0.4, -0.2) is 21.7 Å². The highest BCUT2D eigenvalue weighted by molar-refractivity contribution is 5.93. The van der Waals surface area contributed by atoms with E-state index >= 15 is 0 Å². The fraction of sp³-hybridized carbons (Fsp3) is 0.333. The minimum atomic E-state index is -0.0665. The number of carbonyl (C=O) groups is 1. The van der Waals surface area contributed by atoms with Gasteiger partial charge in [0, 0.05) is 12.2 Å². The van der Waals surface area contributed by atoms with E-state index in [0.717, 1.165) is 18.5 Å². The molecule has 2 rings (SSSR count). The normalized spacial score (nSPS) is 12.1. The van der Waals surface area contributed by atoms with Gasteiger partial charge in [-0.25, -0.2) is 4.68 Å². The highest BCUT2D eigenvalue weighted by atomic mass is 16.1. The molecule has 19 heavy (non-hydrogen) atoms. The van der Waals surface area contributed by atoms with Crippen LogP contribution in [-0.2, 0) is 0 Å². The third-order valence-electron chi connectivity index (χ3n) is 2.96. The lowest BCUT2D eigenvalue weighted by Crippen LogP contribution is -2.32. The molecule has 0 fully saturated rings. The van der Waals surface area contributed by atoms with Crippen molar-refractivity contribution >= 4 is 5.91 Å². The molecule has 4 nitrogen and oxygen atoms in total. The van der Waals surface area contributed by atoms with Crippen LogP contribution in [0.3, 0.4) is 0 Å². The fourth-order valence-corrected chi connectivity index (χ4v) is 1.97. The molecule has 2 aromatic rings. The van der Waals surface area contributed by atoms with E-state index in [2.05, 4.69) is 17.3 Å². The maximum atomic E-state index is 12.0. The van der Waals surface area contributed by atoms with Crippen molar-refractivity contribution in [2.75, 3.05) is 0 Å². The van der Waals surface area contributed by atoms with Crippen molar-refractivity contribution in [1.29, 1.82) is 0 Å². The van der Waals surface area contributed by atoms with Crippen LogP contribution >= 0.6 is 0 Å². The molecule has 100 valence electrons. The minimum absolute atomic E-state index is 0.0665. The van der Waals surface area contributed by atoms with Gasteiger partial charge in [0.25, 0.3) is 5.91 Å². The summed E-state index contributed by atoms with van der Waals surface area (Å²) in [6.07, 6.45) is 5.40. The zero-order valence-corrected chi connectivity index (χ0v) is 11.3. The number of nitrogens with one attached hydrogen (secondary N) is 1. The monoisotopic (exact) mass is 257 g/mol. The summed E-state index contributed by atoms with van der Waals surface area (Å²) in [7, 11) is 0. The van der Waals surface area contributed by atoms with Crippen LogP contribution in [0.4, 0.5) is 0 Å². The van der Waals surface area contributed by atoms with Crippen LogP contribution in [0.5, 0.6) is 0 Å². The molecule has 1 heterocycles. The maximum absolute atomic E-state index is 12.0. The summed E-state index contributed by atoms with van der Waals surface area (Å²) in [5.41, 5.74) is 1.54. The smallest absolute Gasteiger partial charge is 0.254 e. The molecule has 1 N–H and O–H groups in total. The molecule has 1 atom stereocenters. The second kappa shape index (κ2) is 6.18. The van der Waals surface area contributed by atoms with Crippen molar-refractivity contribution < 1.29 is 4.79 Å². The van der Waals surface area contributed by atoms with E-state index < -0.39 is 0 Å². The minimum Gasteiger partial charge on any atom is -0.349 e.